The normalized spacial score (nSPS) is 11.6. The summed E-state index contributed by atoms with van der Waals surface area (Å²) in [6.07, 6.45) is 0. The predicted octanol–water partition coefficient (Wildman–Crippen LogP) is 5.96. The molecular formula is C24H20O2S. The van der Waals surface area contributed by atoms with E-state index in [2.05, 4.69) is 0 Å². The maximum atomic E-state index is 13.7. The van der Waals surface area contributed by atoms with E-state index in [9.17, 15) is 8.42 Å². The number of sulfone groups is 1. The number of benzene rings is 4. The third kappa shape index (κ3) is 3.04. The van der Waals surface area contributed by atoms with Gasteiger partial charge >= 0.3 is 0 Å². The second-order valence-corrected chi connectivity index (χ2v) is 8.68. The molecule has 0 aliphatic carbocycles. The van der Waals surface area contributed by atoms with Gasteiger partial charge in [0.1, 0.15) is 0 Å². The molecule has 0 fully saturated rings. The molecule has 0 saturated carbocycles. The minimum atomic E-state index is -3.68. The van der Waals surface area contributed by atoms with E-state index in [1.165, 1.54) is 0 Å². The molecule has 134 valence electrons. The molecule has 4 rings (SSSR count). The first-order valence-electron chi connectivity index (χ1n) is 8.88. The largest absolute Gasteiger partial charge is 0.218 e. The van der Waals surface area contributed by atoms with Crippen molar-refractivity contribution in [1.29, 1.82) is 0 Å². The van der Waals surface area contributed by atoms with Gasteiger partial charge in [0.2, 0.25) is 9.84 Å². The van der Waals surface area contributed by atoms with Crippen molar-refractivity contribution in [2.45, 2.75) is 23.6 Å². The van der Waals surface area contributed by atoms with Gasteiger partial charge in [-0.2, -0.15) is 0 Å². The van der Waals surface area contributed by atoms with Gasteiger partial charge in [-0.1, -0.05) is 72.3 Å². The Labute approximate surface area is 160 Å². The Bertz CT molecular complexity index is 1220. The van der Waals surface area contributed by atoms with Crippen LogP contribution in [-0.4, -0.2) is 8.42 Å². The summed E-state index contributed by atoms with van der Waals surface area (Å²) in [6, 6.07) is 26.5. The molecule has 4 aromatic carbocycles. The van der Waals surface area contributed by atoms with Crippen LogP contribution in [0.5, 0.6) is 0 Å². The highest BCUT2D eigenvalue weighted by Gasteiger charge is 2.25. The summed E-state index contributed by atoms with van der Waals surface area (Å²) in [4.78, 5) is 0.693. The Morgan fingerprint density at radius 2 is 1.26 bits per heavy atom. The molecule has 0 spiro atoms. The first-order valence-corrected chi connectivity index (χ1v) is 10.4. The van der Waals surface area contributed by atoms with Crippen molar-refractivity contribution < 1.29 is 8.42 Å². The van der Waals surface area contributed by atoms with E-state index in [0.717, 1.165) is 33.0 Å². The third-order valence-electron chi connectivity index (χ3n) is 4.89. The summed E-state index contributed by atoms with van der Waals surface area (Å²) in [6.45, 7) is 3.98. The van der Waals surface area contributed by atoms with Gasteiger partial charge in [0.05, 0.1) is 9.79 Å². The van der Waals surface area contributed by atoms with Gasteiger partial charge < -0.3 is 0 Å². The van der Waals surface area contributed by atoms with Crippen LogP contribution in [0, 0.1) is 13.8 Å². The topological polar surface area (TPSA) is 34.1 Å². The Hall–Kier alpha value is -2.91. The first-order chi connectivity index (χ1) is 13.0. The summed E-state index contributed by atoms with van der Waals surface area (Å²) in [5.41, 5.74) is 3.74. The monoisotopic (exact) mass is 372 g/mol. The lowest BCUT2D eigenvalue weighted by Crippen LogP contribution is -2.06. The number of aryl methyl sites for hydroxylation is 2. The molecule has 0 bridgehead atoms. The summed E-state index contributed by atoms with van der Waals surface area (Å²) >= 11 is 0. The molecule has 0 aromatic heterocycles. The Kier molecular flexibility index (Phi) is 4.33. The second kappa shape index (κ2) is 6.67. The lowest BCUT2D eigenvalue weighted by molar-refractivity contribution is 0.597. The van der Waals surface area contributed by atoms with Crippen molar-refractivity contribution in [2.75, 3.05) is 0 Å². The van der Waals surface area contributed by atoms with Crippen molar-refractivity contribution in [3.63, 3.8) is 0 Å². The molecule has 0 radical (unpaired) electrons. The van der Waals surface area contributed by atoms with Crippen LogP contribution in [0.3, 0.4) is 0 Å². The molecule has 0 heterocycles. The molecule has 27 heavy (non-hydrogen) atoms. The van der Waals surface area contributed by atoms with Crippen molar-refractivity contribution >= 4 is 20.6 Å². The zero-order valence-corrected chi connectivity index (χ0v) is 16.1. The van der Waals surface area contributed by atoms with Crippen molar-refractivity contribution in [1.82, 2.24) is 0 Å². The molecule has 0 atom stereocenters. The molecule has 0 amide bonds. The van der Waals surface area contributed by atoms with Gasteiger partial charge in [-0.15, -0.1) is 0 Å². The Morgan fingerprint density at radius 1 is 0.667 bits per heavy atom. The quantitative estimate of drug-likeness (QED) is 0.445. The first kappa shape index (κ1) is 17.5. The van der Waals surface area contributed by atoms with Crippen LogP contribution in [0.15, 0.2) is 94.7 Å². The molecule has 0 saturated heterocycles. The molecular weight excluding hydrogens is 352 g/mol. The average molecular weight is 372 g/mol. The fraction of sp³-hybridized carbons (Fsp3) is 0.0833. The zero-order valence-electron chi connectivity index (χ0n) is 15.3. The van der Waals surface area contributed by atoms with Crippen molar-refractivity contribution in [3.8, 4) is 11.1 Å². The Morgan fingerprint density at radius 3 is 1.93 bits per heavy atom. The summed E-state index contributed by atoms with van der Waals surface area (Å²) in [5.74, 6) is 0. The van der Waals surface area contributed by atoms with Gasteiger partial charge in [0.15, 0.2) is 0 Å². The third-order valence-corrected chi connectivity index (χ3v) is 6.76. The van der Waals surface area contributed by atoms with Gasteiger partial charge in [-0.05, 0) is 48.6 Å². The van der Waals surface area contributed by atoms with E-state index >= 15 is 0 Å². The molecule has 0 aliphatic rings. The standard InChI is InChI=1S/C24H20O2S/c1-17-12-14-20(15-13-17)27(25,26)24-22-11-7-6-10-21(22)18(2)16-23(24)19-8-4-3-5-9-19/h3-16H,1-2H3. The average Bonchev–Trinajstić information content (AvgIpc) is 2.69. The number of hydrogen-bond donors (Lipinski definition) is 0. The molecule has 3 heteroatoms. The highest BCUT2D eigenvalue weighted by Crippen LogP contribution is 2.38. The van der Waals surface area contributed by atoms with Crippen LogP contribution in [0.2, 0.25) is 0 Å². The number of fused-ring (bicyclic) bond motifs is 1. The molecule has 0 unspecified atom stereocenters. The highest BCUT2D eigenvalue weighted by molar-refractivity contribution is 7.91. The van der Waals surface area contributed by atoms with Gasteiger partial charge in [0.25, 0.3) is 0 Å². The van der Waals surface area contributed by atoms with Crippen LogP contribution < -0.4 is 0 Å². The van der Waals surface area contributed by atoms with E-state index in [1.54, 1.807) is 12.1 Å². The molecule has 2 nitrogen and oxygen atoms in total. The van der Waals surface area contributed by atoms with E-state index in [1.807, 2.05) is 86.6 Å². The van der Waals surface area contributed by atoms with Crippen LogP contribution in [0.1, 0.15) is 11.1 Å². The fourth-order valence-corrected chi connectivity index (χ4v) is 5.15. The zero-order chi connectivity index (χ0) is 19.0. The van der Waals surface area contributed by atoms with E-state index in [0.29, 0.717) is 9.79 Å². The van der Waals surface area contributed by atoms with E-state index in [4.69, 9.17) is 0 Å². The highest BCUT2D eigenvalue weighted by atomic mass is 32.2. The maximum absolute atomic E-state index is 13.7. The Balaban J connectivity index is 2.12. The van der Waals surface area contributed by atoms with Gasteiger partial charge in [-0.25, -0.2) is 8.42 Å². The second-order valence-electron chi connectivity index (χ2n) is 6.80. The summed E-state index contributed by atoms with van der Waals surface area (Å²) in [5, 5.41) is 1.72. The van der Waals surface area contributed by atoms with Crippen LogP contribution in [0.25, 0.3) is 21.9 Å². The van der Waals surface area contributed by atoms with E-state index in [-0.39, 0.29) is 0 Å². The van der Waals surface area contributed by atoms with Crippen molar-refractivity contribution in [3.05, 3.63) is 96.1 Å². The SMILES string of the molecule is Cc1ccc(S(=O)(=O)c2c(-c3ccccc3)cc(C)c3ccccc23)cc1. The molecule has 0 N–H and O–H groups in total. The molecule has 4 aromatic rings. The lowest BCUT2D eigenvalue weighted by Gasteiger charge is -2.16. The smallest absolute Gasteiger partial charge is 0.207 e. The van der Waals surface area contributed by atoms with Crippen LogP contribution in [0.4, 0.5) is 0 Å². The fourth-order valence-electron chi connectivity index (χ4n) is 3.49. The van der Waals surface area contributed by atoms with Gasteiger partial charge in [-0.3, -0.25) is 0 Å². The summed E-state index contributed by atoms with van der Waals surface area (Å²) in [7, 11) is -3.68. The number of hydrogen-bond acceptors (Lipinski definition) is 2. The summed E-state index contributed by atoms with van der Waals surface area (Å²) < 4.78 is 27.3. The van der Waals surface area contributed by atoms with Gasteiger partial charge in [0, 0.05) is 10.9 Å². The molecule has 0 aliphatic heterocycles. The number of rotatable bonds is 3. The van der Waals surface area contributed by atoms with Crippen LogP contribution >= 0.6 is 0 Å². The predicted molar refractivity (Wildman–Crippen MR) is 111 cm³/mol. The van der Waals surface area contributed by atoms with E-state index < -0.39 is 9.84 Å². The maximum Gasteiger partial charge on any atom is 0.207 e. The van der Waals surface area contributed by atoms with Crippen LogP contribution in [-0.2, 0) is 9.84 Å². The minimum Gasteiger partial charge on any atom is -0.218 e. The van der Waals surface area contributed by atoms with Crippen molar-refractivity contribution in [2.24, 2.45) is 0 Å². The minimum absolute atomic E-state index is 0.319. The lowest BCUT2D eigenvalue weighted by atomic mass is 9.97.